The number of nitrogens with zero attached hydrogens (tertiary/aromatic N) is 2. The van der Waals surface area contributed by atoms with Gasteiger partial charge in [0.15, 0.2) is 5.78 Å². The molecule has 33 heavy (non-hydrogen) atoms. The van der Waals surface area contributed by atoms with Gasteiger partial charge in [0, 0.05) is 30.9 Å². The van der Waals surface area contributed by atoms with Gasteiger partial charge in [-0.05, 0) is 43.2 Å². The second-order valence-electron chi connectivity index (χ2n) is 8.38. The zero-order valence-corrected chi connectivity index (χ0v) is 19.5. The minimum atomic E-state index is -3.97. The van der Waals surface area contributed by atoms with E-state index in [9.17, 15) is 18.0 Å². The molecule has 0 bridgehead atoms. The van der Waals surface area contributed by atoms with Crippen LogP contribution in [0.4, 0.5) is 11.4 Å². The maximum Gasteiger partial charge on any atom is 0.261 e. The van der Waals surface area contributed by atoms with Crippen molar-refractivity contribution in [2.75, 3.05) is 18.9 Å². The summed E-state index contributed by atoms with van der Waals surface area (Å²) in [5.74, 6) is -1.28. The first-order chi connectivity index (χ1) is 15.8. The van der Waals surface area contributed by atoms with Crippen LogP contribution in [0.5, 0.6) is 5.75 Å². The number of Topliss-reactive ketones (excluding diaryl/α,β-unsaturated/α-hetero) is 1. The van der Waals surface area contributed by atoms with Gasteiger partial charge in [-0.3, -0.25) is 19.3 Å². The van der Waals surface area contributed by atoms with Crippen LogP contribution in [0.2, 0.25) is 0 Å². The molecule has 0 radical (unpaired) electrons. The Bertz CT molecular complexity index is 1200. The van der Waals surface area contributed by atoms with Crippen LogP contribution in [0, 0.1) is 5.92 Å². The molecular weight excluding hydrogens is 442 g/mol. The van der Waals surface area contributed by atoms with Gasteiger partial charge in [-0.2, -0.15) is 0 Å². The van der Waals surface area contributed by atoms with Crippen molar-refractivity contribution in [2.24, 2.45) is 10.9 Å². The highest BCUT2D eigenvalue weighted by atomic mass is 32.2. The summed E-state index contributed by atoms with van der Waals surface area (Å²) < 4.78 is 33.5. The number of hydrogen-bond donors (Lipinski definition) is 1. The quantitative estimate of drug-likeness (QED) is 0.648. The third kappa shape index (κ3) is 4.78. The van der Waals surface area contributed by atoms with E-state index in [1.54, 1.807) is 36.2 Å². The topological polar surface area (TPSA) is 105 Å². The molecule has 1 fully saturated rings. The van der Waals surface area contributed by atoms with Gasteiger partial charge in [0.05, 0.1) is 23.4 Å². The molecule has 1 aliphatic heterocycles. The summed E-state index contributed by atoms with van der Waals surface area (Å²) in [4.78, 5) is 32.1. The van der Waals surface area contributed by atoms with Crippen LogP contribution in [-0.2, 0) is 14.8 Å². The SMILES string of the molecule is COc1cccc(NS(=O)(=O)c2ccc3c(c2)C(=O)C(C(=O)N(C)C2CCCCC2)C=N3)c1. The molecule has 0 aromatic heterocycles. The Hall–Kier alpha value is -3.20. The van der Waals surface area contributed by atoms with Gasteiger partial charge < -0.3 is 9.64 Å². The monoisotopic (exact) mass is 469 g/mol. The third-order valence-corrected chi connectivity index (χ3v) is 7.63. The highest BCUT2D eigenvalue weighted by molar-refractivity contribution is 7.92. The van der Waals surface area contributed by atoms with Crippen molar-refractivity contribution in [3.05, 3.63) is 48.0 Å². The van der Waals surface area contributed by atoms with Crippen molar-refractivity contribution in [1.82, 2.24) is 4.90 Å². The minimum absolute atomic E-state index is 0.0821. The van der Waals surface area contributed by atoms with E-state index >= 15 is 0 Å². The van der Waals surface area contributed by atoms with Crippen molar-refractivity contribution in [1.29, 1.82) is 0 Å². The van der Waals surface area contributed by atoms with E-state index in [0.29, 0.717) is 17.1 Å². The number of nitrogens with one attached hydrogen (secondary N) is 1. The Kier molecular flexibility index (Phi) is 6.51. The molecule has 4 rings (SSSR count). The summed E-state index contributed by atoms with van der Waals surface area (Å²) in [5.41, 5.74) is 0.810. The highest BCUT2D eigenvalue weighted by Gasteiger charge is 2.35. The van der Waals surface area contributed by atoms with E-state index in [1.165, 1.54) is 31.5 Å². The van der Waals surface area contributed by atoms with Gasteiger partial charge in [-0.15, -0.1) is 0 Å². The Morgan fingerprint density at radius 1 is 1.12 bits per heavy atom. The number of ketones is 1. The lowest BCUT2D eigenvalue weighted by Gasteiger charge is -2.33. The second-order valence-corrected chi connectivity index (χ2v) is 10.1. The molecule has 8 nitrogen and oxygen atoms in total. The number of carbonyl (C=O) groups excluding carboxylic acids is 2. The molecule has 0 saturated heterocycles. The van der Waals surface area contributed by atoms with E-state index in [1.807, 2.05) is 0 Å². The van der Waals surface area contributed by atoms with Gasteiger partial charge in [0.25, 0.3) is 10.0 Å². The molecule has 1 atom stereocenters. The van der Waals surface area contributed by atoms with Gasteiger partial charge in [-0.25, -0.2) is 8.42 Å². The fourth-order valence-electron chi connectivity index (χ4n) is 4.33. The van der Waals surface area contributed by atoms with Crippen LogP contribution in [0.3, 0.4) is 0 Å². The number of aliphatic imine (C=N–C) groups is 1. The summed E-state index contributed by atoms with van der Waals surface area (Å²) in [6.45, 7) is 0. The van der Waals surface area contributed by atoms with Gasteiger partial charge in [-0.1, -0.05) is 25.3 Å². The van der Waals surface area contributed by atoms with E-state index in [0.717, 1.165) is 32.1 Å². The molecule has 9 heteroatoms. The maximum atomic E-state index is 13.2. The van der Waals surface area contributed by atoms with Crippen molar-refractivity contribution in [2.45, 2.75) is 43.0 Å². The van der Waals surface area contributed by atoms with E-state index < -0.39 is 21.7 Å². The lowest BCUT2D eigenvalue weighted by molar-refractivity contribution is -0.133. The fourth-order valence-corrected chi connectivity index (χ4v) is 5.40. The summed E-state index contributed by atoms with van der Waals surface area (Å²) in [6, 6.07) is 10.8. The number of benzene rings is 2. The van der Waals surface area contributed by atoms with Crippen LogP contribution >= 0.6 is 0 Å². The van der Waals surface area contributed by atoms with Gasteiger partial charge in [0.2, 0.25) is 5.91 Å². The number of sulfonamides is 1. The number of hydrogen-bond acceptors (Lipinski definition) is 6. The Morgan fingerprint density at radius 2 is 1.88 bits per heavy atom. The average molecular weight is 470 g/mol. The number of methoxy groups -OCH3 is 1. The summed E-state index contributed by atoms with van der Waals surface area (Å²) in [7, 11) is -0.749. The zero-order chi connectivity index (χ0) is 23.6. The molecule has 1 aliphatic carbocycles. The van der Waals surface area contributed by atoms with E-state index in [2.05, 4.69) is 9.71 Å². The first-order valence-electron chi connectivity index (χ1n) is 11.0. The normalized spacial score (nSPS) is 18.5. The fraction of sp³-hybridized carbons (Fsp3) is 0.375. The van der Waals surface area contributed by atoms with Crippen LogP contribution < -0.4 is 9.46 Å². The molecule has 1 unspecified atom stereocenters. The number of rotatable bonds is 6. The highest BCUT2D eigenvalue weighted by Crippen LogP contribution is 2.31. The van der Waals surface area contributed by atoms with Gasteiger partial charge in [0.1, 0.15) is 11.7 Å². The van der Waals surface area contributed by atoms with E-state index in [4.69, 9.17) is 4.74 Å². The molecule has 2 aromatic carbocycles. The predicted octanol–water partition coefficient (Wildman–Crippen LogP) is 3.80. The average Bonchev–Trinajstić information content (AvgIpc) is 2.83. The minimum Gasteiger partial charge on any atom is -0.497 e. The number of carbonyl (C=O) groups is 2. The smallest absolute Gasteiger partial charge is 0.261 e. The first-order valence-corrected chi connectivity index (χ1v) is 12.4. The molecule has 1 N–H and O–H groups in total. The Balaban J connectivity index is 1.57. The number of ether oxygens (including phenoxy) is 1. The molecule has 1 heterocycles. The molecule has 2 aromatic rings. The Labute approximate surface area is 193 Å². The number of fused-ring (bicyclic) bond motifs is 1. The summed E-state index contributed by atoms with van der Waals surface area (Å²) in [6.07, 6.45) is 6.52. The molecule has 174 valence electrons. The zero-order valence-electron chi connectivity index (χ0n) is 18.7. The van der Waals surface area contributed by atoms with Gasteiger partial charge >= 0.3 is 0 Å². The van der Waals surface area contributed by atoms with Crippen molar-refractivity contribution in [3.63, 3.8) is 0 Å². The third-order valence-electron chi connectivity index (χ3n) is 6.25. The second kappa shape index (κ2) is 9.35. The molecule has 0 spiro atoms. The van der Waals surface area contributed by atoms with Crippen molar-refractivity contribution in [3.8, 4) is 5.75 Å². The lowest BCUT2D eigenvalue weighted by atomic mass is 9.90. The summed E-state index contributed by atoms with van der Waals surface area (Å²) >= 11 is 0. The number of anilines is 1. The van der Waals surface area contributed by atoms with Crippen molar-refractivity contribution >= 4 is 39.3 Å². The lowest BCUT2D eigenvalue weighted by Crippen LogP contribution is -2.45. The predicted molar refractivity (Wildman–Crippen MR) is 126 cm³/mol. The molecule has 2 aliphatic rings. The van der Waals surface area contributed by atoms with E-state index in [-0.39, 0.29) is 22.4 Å². The standard InChI is InChI=1S/C24H27N3O5S/c1-27(17-8-4-3-5-9-17)24(29)21-15-25-22-12-11-19(14-20(22)23(21)28)33(30,31)26-16-7-6-10-18(13-16)32-2/h6-7,10-15,17,21,26H,3-5,8-9H2,1-2H3. The maximum absolute atomic E-state index is 13.2. The molecule has 1 saturated carbocycles. The molecule has 1 amide bonds. The van der Waals surface area contributed by atoms with Crippen LogP contribution in [0.1, 0.15) is 42.5 Å². The molecular formula is C24H27N3O5S. The number of amides is 1. The van der Waals surface area contributed by atoms with Crippen LogP contribution in [0.15, 0.2) is 52.4 Å². The first kappa shape index (κ1) is 23.0. The van der Waals surface area contributed by atoms with Crippen LogP contribution in [0.25, 0.3) is 0 Å². The Morgan fingerprint density at radius 3 is 2.61 bits per heavy atom. The van der Waals surface area contributed by atoms with Crippen molar-refractivity contribution < 1.29 is 22.7 Å². The largest absolute Gasteiger partial charge is 0.497 e. The van der Waals surface area contributed by atoms with Crippen LogP contribution in [-0.4, -0.2) is 51.4 Å². The summed E-state index contributed by atoms with van der Waals surface area (Å²) in [5, 5.41) is 0.